The minimum absolute atomic E-state index is 0.630. The Morgan fingerprint density at radius 1 is 0.609 bits per heavy atom. The van der Waals surface area contributed by atoms with Crippen molar-refractivity contribution < 1.29 is 18.1 Å². The summed E-state index contributed by atoms with van der Waals surface area (Å²) in [6.45, 7) is 10.8. The Hall–Kier alpha value is 1.84. The standard InChI is InChI=1S/C13H30O4P2S4/c1-5-9-14-18(20,15-10-6-2)22-13-23-19(21,16-11-7-3)17-12-8-4/h5-13H2,1-4H3. The largest absolute Gasteiger partial charge is 0.322 e. The Balaban J connectivity index is 4.53. The van der Waals surface area contributed by atoms with Crippen LogP contribution in [0.25, 0.3) is 0 Å². The summed E-state index contributed by atoms with van der Waals surface area (Å²) >= 11 is 14.3. The van der Waals surface area contributed by atoms with Crippen LogP contribution in [-0.2, 0) is 41.7 Å². The van der Waals surface area contributed by atoms with Crippen LogP contribution in [-0.4, -0.2) is 31.5 Å². The van der Waals surface area contributed by atoms with E-state index in [0.29, 0.717) is 31.5 Å². The van der Waals surface area contributed by atoms with E-state index in [1.807, 2.05) is 0 Å². The average Bonchev–Trinajstić information content (AvgIpc) is 2.55. The second kappa shape index (κ2) is 15.0. The molecule has 0 heterocycles. The van der Waals surface area contributed by atoms with Gasteiger partial charge in [-0.15, -0.1) is 0 Å². The number of hydrogen-bond acceptors (Lipinski definition) is 8. The van der Waals surface area contributed by atoms with Crippen LogP contribution in [0.3, 0.4) is 0 Å². The highest BCUT2D eigenvalue weighted by Crippen LogP contribution is 2.68. The SMILES string of the molecule is CCCOP(=S)(OCCC)SCSP(=S)(OCCC)OCCC. The topological polar surface area (TPSA) is 36.9 Å². The van der Waals surface area contributed by atoms with Gasteiger partial charge in [0.25, 0.3) is 0 Å². The van der Waals surface area contributed by atoms with Crippen LogP contribution in [0.4, 0.5) is 0 Å². The first-order valence-corrected chi connectivity index (χ1v) is 16.5. The van der Waals surface area contributed by atoms with Gasteiger partial charge in [-0.05, 0) is 49.3 Å². The summed E-state index contributed by atoms with van der Waals surface area (Å²) in [6, 6.07) is 0. The Kier molecular flexibility index (Phi) is 16.1. The van der Waals surface area contributed by atoms with E-state index in [1.54, 1.807) is 22.8 Å². The fraction of sp³-hybridized carbons (Fsp3) is 1.00. The van der Waals surface area contributed by atoms with Crippen LogP contribution in [0.2, 0.25) is 0 Å². The van der Waals surface area contributed by atoms with Gasteiger partial charge in [0.15, 0.2) is 0 Å². The molecule has 0 aromatic rings. The molecule has 0 aromatic heterocycles. The first kappa shape index (κ1) is 24.8. The van der Waals surface area contributed by atoms with Crippen molar-refractivity contribution in [3.05, 3.63) is 0 Å². The van der Waals surface area contributed by atoms with Gasteiger partial charge < -0.3 is 18.1 Å². The third-order valence-corrected chi connectivity index (χ3v) is 13.9. The quantitative estimate of drug-likeness (QED) is 0.197. The van der Waals surface area contributed by atoms with E-state index in [9.17, 15) is 0 Å². The lowest BCUT2D eigenvalue weighted by Crippen LogP contribution is -1.97. The summed E-state index contributed by atoms with van der Waals surface area (Å²) in [5.74, 6) is 0. The highest BCUT2D eigenvalue weighted by atomic mass is 32.9. The van der Waals surface area contributed by atoms with Crippen LogP contribution in [0.5, 0.6) is 0 Å². The summed E-state index contributed by atoms with van der Waals surface area (Å²) in [7, 11) is 0. The lowest BCUT2D eigenvalue weighted by Gasteiger charge is -2.24. The summed E-state index contributed by atoms with van der Waals surface area (Å²) < 4.78 is 23.2. The molecule has 0 aliphatic rings. The molecule has 0 aliphatic carbocycles. The molecule has 0 aromatic carbocycles. The molecule has 0 atom stereocenters. The molecule has 0 amide bonds. The Labute approximate surface area is 160 Å². The normalized spacial score (nSPS) is 12.7. The van der Waals surface area contributed by atoms with E-state index >= 15 is 0 Å². The molecule has 0 spiro atoms. The maximum absolute atomic E-state index is 5.81. The van der Waals surface area contributed by atoms with Crippen LogP contribution in [0.1, 0.15) is 53.4 Å². The minimum atomic E-state index is -2.30. The molecular formula is C13H30O4P2S4. The molecule has 23 heavy (non-hydrogen) atoms. The minimum Gasteiger partial charge on any atom is -0.322 e. The summed E-state index contributed by atoms with van der Waals surface area (Å²) in [5, 5.41) is 0.676. The van der Waals surface area contributed by atoms with Gasteiger partial charge in [-0.25, -0.2) is 0 Å². The summed E-state index contributed by atoms with van der Waals surface area (Å²) in [5.41, 5.74) is -4.60. The van der Waals surface area contributed by atoms with Crippen molar-refractivity contribution in [1.82, 2.24) is 0 Å². The van der Waals surface area contributed by atoms with Crippen LogP contribution < -0.4 is 0 Å². The van der Waals surface area contributed by atoms with Gasteiger partial charge in [0, 0.05) is 0 Å². The van der Waals surface area contributed by atoms with E-state index in [1.165, 1.54) is 0 Å². The molecule has 0 saturated carbocycles. The maximum atomic E-state index is 5.81. The molecule has 0 radical (unpaired) electrons. The monoisotopic (exact) mass is 440 g/mol. The summed E-state index contributed by atoms with van der Waals surface area (Å²) in [6.07, 6.45) is 3.72. The highest BCUT2D eigenvalue weighted by Gasteiger charge is 2.24. The third-order valence-electron chi connectivity index (χ3n) is 2.24. The molecule has 0 rings (SSSR count). The average molecular weight is 441 g/mol. The van der Waals surface area contributed by atoms with Crippen molar-refractivity contribution in [1.29, 1.82) is 0 Å². The summed E-state index contributed by atoms with van der Waals surface area (Å²) in [4.78, 5) is 0. The van der Waals surface area contributed by atoms with Crippen molar-refractivity contribution in [2.45, 2.75) is 53.4 Å². The Morgan fingerprint density at radius 3 is 1.09 bits per heavy atom. The van der Waals surface area contributed by atoms with Crippen molar-refractivity contribution >= 4 is 57.8 Å². The van der Waals surface area contributed by atoms with Gasteiger partial charge >= 0.3 is 0 Å². The zero-order valence-corrected chi connectivity index (χ0v) is 19.6. The predicted octanol–water partition coefficient (Wildman–Crippen LogP) is 6.57. The van der Waals surface area contributed by atoms with Crippen molar-refractivity contribution in [2.24, 2.45) is 0 Å². The second-order valence-electron chi connectivity index (χ2n) is 4.60. The number of hydrogen-bond donors (Lipinski definition) is 0. The zero-order valence-electron chi connectivity index (χ0n) is 14.5. The molecule has 0 saturated heterocycles. The van der Waals surface area contributed by atoms with Gasteiger partial charge in [0.2, 0.25) is 11.4 Å². The fourth-order valence-corrected chi connectivity index (χ4v) is 13.5. The molecule has 0 fully saturated rings. The molecule has 10 heteroatoms. The Morgan fingerprint density at radius 2 is 0.870 bits per heavy atom. The smallest absolute Gasteiger partial charge is 0.248 e. The number of rotatable bonds is 16. The van der Waals surface area contributed by atoms with E-state index < -0.39 is 11.4 Å². The molecule has 0 aliphatic heterocycles. The third kappa shape index (κ3) is 12.8. The zero-order chi connectivity index (χ0) is 17.6. The van der Waals surface area contributed by atoms with Gasteiger partial charge in [-0.2, -0.15) is 0 Å². The second-order valence-corrected chi connectivity index (χ2v) is 17.6. The first-order chi connectivity index (χ1) is 10.9. The maximum Gasteiger partial charge on any atom is 0.248 e. The van der Waals surface area contributed by atoms with E-state index in [-0.39, 0.29) is 0 Å². The van der Waals surface area contributed by atoms with Gasteiger partial charge in [0.05, 0.1) is 31.5 Å². The van der Waals surface area contributed by atoms with Crippen LogP contribution >= 0.6 is 34.2 Å². The van der Waals surface area contributed by atoms with E-state index in [0.717, 1.165) is 25.7 Å². The Bertz CT molecular complexity index is 327. The molecular weight excluding hydrogens is 410 g/mol. The lowest BCUT2D eigenvalue weighted by atomic mass is 10.5. The van der Waals surface area contributed by atoms with Gasteiger partial charge in [0.1, 0.15) is 0 Å². The van der Waals surface area contributed by atoms with E-state index in [2.05, 4.69) is 27.7 Å². The van der Waals surface area contributed by atoms with Gasteiger partial charge in [-0.3, -0.25) is 0 Å². The van der Waals surface area contributed by atoms with Crippen molar-refractivity contribution in [3.63, 3.8) is 0 Å². The molecule has 4 nitrogen and oxygen atoms in total. The molecule has 0 unspecified atom stereocenters. The molecule has 140 valence electrons. The highest BCUT2D eigenvalue weighted by molar-refractivity contribution is 8.76. The van der Waals surface area contributed by atoms with Crippen LogP contribution in [0.15, 0.2) is 0 Å². The van der Waals surface area contributed by atoms with Crippen molar-refractivity contribution in [3.8, 4) is 0 Å². The van der Waals surface area contributed by atoms with Crippen molar-refractivity contribution in [2.75, 3.05) is 31.5 Å². The fourth-order valence-electron chi connectivity index (χ4n) is 1.19. The molecule has 0 bridgehead atoms. The first-order valence-electron chi connectivity index (χ1n) is 8.02. The van der Waals surface area contributed by atoms with Crippen LogP contribution in [0, 0.1) is 0 Å². The van der Waals surface area contributed by atoms with Gasteiger partial charge in [-0.1, -0.05) is 50.5 Å². The molecule has 0 N–H and O–H groups in total. The predicted molar refractivity (Wildman–Crippen MR) is 114 cm³/mol. The lowest BCUT2D eigenvalue weighted by molar-refractivity contribution is 0.260. The van der Waals surface area contributed by atoms with E-state index in [4.69, 9.17) is 41.7 Å².